The van der Waals surface area contributed by atoms with E-state index in [-0.39, 0.29) is 11.9 Å². The number of aromatic nitrogens is 1. The number of rotatable bonds is 4. The molecular weight excluding hydrogens is 263 g/mol. The Bertz CT molecular complexity index is 738. The smallest absolute Gasteiger partial charge is 0.123 e. The fourth-order valence-corrected chi connectivity index (χ4v) is 2.51. The zero-order valence-corrected chi connectivity index (χ0v) is 11.9. The minimum absolute atomic E-state index is 0.124. The predicted octanol–water partition coefficient (Wildman–Crippen LogP) is 3.88. The molecule has 21 heavy (non-hydrogen) atoms. The maximum absolute atomic E-state index is 13.0. The normalized spacial score (nSPS) is 12.5. The first-order valence-corrected chi connectivity index (χ1v) is 7.03. The average Bonchev–Trinajstić information content (AvgIpc) is 2.53. The van der Waals surface area contributed by atoms with Gasteiger partial charge in [0.1, 0.15) is 5.82 Å². The van der Waals surface area contributed by atoms with Gasteiger partial charge in [-0.2, -0.15) is 0 Å². The zero-order chi connectivity index (χ0) is 14.7. The van der Waals surface area contributed by atoms with Gasteiger partial charge in [-0.15, -0.1) is 0 Å². The van der Waals surface area contributed by atoms with Gasteiger partial charge in [-0.1, -0.05) is 36.4 Å². The van der Waals surface area contributed by atoms with Crippen LogP contribution in [0.1, 0.15) is 17.3 Å². The maximum Gasteiger partial charge on any atom is 0.123 e. The van der Waals surface area contributed by atoms with E-state index in [2.05, 4.69) is 23.5 Å². The summed E-state index contributed by atoms with van der Waals surface area (Å²) in [7, 11) is 1.91. The van der Waals surface area contributed by atoms with Gasteiger partial charge in [0.25, 0.3) is 0 Å². The molecule has 2 nitrogen and oxygen atoms in total. The first-order chi connectivity index (χ1) is 10.3. The Hall–Kier alpha value is -2.26. The topological polar surface area (TPSA) is 24.9 Å². The van der Waals surface area contributed by atoms with Crippen molar-refractivity contribution >= 4 is 10.9 Å². The number of para-hydroxylation sites is 1. The summed E-state index contributed by atoms with van der Waals surface area (Å²) in [5.74, 6) is -0.211. The summed E-state index contributed by atoms with van der Waals surface area (Å²) >= 11 is 0. The third-order valence-corrected chi connectivity index (χ3v) is 3.69. The van der Waals surface area contributed by atoms with Crippen molar-refractivity contribution in [3.63, 3.8) is 0 Å². The van der Waals surface area contributed by atoms with Gasteiger partial charge in [-0.05, 0) is 36.9 Å². The van der Waals surface area contributed by atoms with E-state index in [1.165, 1.54) is 12.1 Å². The molecule has 2 aromatic carbocycles. The average molecular weight is 280 g/mol. The van der Waals surface area contributed by atoms with E-state index in [1.54, 1.807) is 0 Å². The number of nitrogens with one attached hydrogen (secondary N) is 1. The fraction of sp³-hybridized carbons (Fsp3) is 0.167. The SMILES string of the molecule is CNC(Cc1ccc2ccccc2n1)c1ccc(F)cc1. The van der Waals surface area contributed by atoms with Crippen LogP contribution in [0.4, 0.5) is 4.39 Å². The van der Waals surface area contributed by atoms with Crippen molar-refractivity contribution in [3.8, 4) is 0 Å². The van der Waals surface area contributed by atoms with Gasteiger partial charge < -0.3 is 5.32 Å². The molecule has 0 bridgehead atoms. The van der Waals surface area contributed by atoms with E-state index in [1.807, 2.05) is 37.4 Å². The molecule has 0 aliphatic heterocycles. The molecule has 0 spiro atoms. The first kappa shape index (κ1) is 13.7. The van der Waals surface area contributed by atoms with Crippen molar-refractivity contribution in [2.45, 2.75) is 12.5 Å². The van der Waals surface area contributed by atoms with Crippen LogP contribution >= 0.6 is 0 Å². The van der Waals surface area contributed by atoms with Crippen LogP contribution in [0.15, 0.2) is 60.7 Å². The molecule has 1 atom stereocenters. The molecule has 106 valence electrons. The van der Waals surface area contributed by atoms with Crippen molar-refractivity contribution < 1.29 is 4.39 Å². The second-order valence-corrected chi connectivity index (χ2v) is 5.09. The summed E-state index contributed by atoms with van der Waals surface area (Å²) in [4.78, 5) is 4.69. The quantitative estimate of drug-likeness (QED) is 0.784. The van der Waals surface area contributed by atoms with Gasteiger partial charge in [0.2, 0.25) is 0 Å². The van der Waals surface area contributed by atoms with Crippen molar-refractivity contribution in [1.29, 1.82) is 0 Å². The molecule has 0 saturated heterocycles. The summed E-state index contributed by atoms with van der Waals surface area (Å²) < 4.78 is 13.0. The molecule has 0 saturated carbocycles. The van der Waals surface area contributed by atoms with E-state index in [4.69, 9.17) is 4.98 Å². The Morgan fingerprint density at radius 1 is 1.00 bits per heavy atom. The molecule has 1 heterocycles. The molecule has 1 aromatic heterocycles. The lowest BCUT2D eigenvalue weighted by molar-refractivity contribution is 0.580. The Morgan fingerprint density at radius 3 is 2.52 bits per heavy atom. The summed E-state index contributed by atoms with van der Waals surface area (Å²) in [5, 5.41) is 4.41. The standard InChI is InChI=1S/C18H17FN2/c1-20-18(14-6-9-15(19)10-7-14)12-16-11-8-13-4-2-3-5-17(13)21-16/h2-11,18,20H,12H2,1H3. The zero-order valence-electron chi connectivity index (χ0n) is 11.9. The number of likely N-dealkylation sites (N-methyl/N-ethyl adjacent to an activating group) is 1. The van der Waals surface area contributed by atoms with E-state index in [9.17, 15) is 4.39 Å². The molecule has 0 aliphatic rings. The molecule has 3 heteroatoms. The van der Waals surface area contributed by atoms with Crippen molar-refractivity contribution in [3.05, 3.63) is 77.7 Å². The van der Waals surface area contributed by atoms with Crippen LogP contribution in [0.25, 0.3) is 10.9 Å². The number of hydrogen-bond acceptors (Lipinski definition) is 2. The van der Waals surface area contributed by atoms with Crippen molar-refractivity contribution in [1.82, 2.24) is 10.3 Å². The summed E-state index contributed by atoms with van der Waals surface area (Å²) in [6.45, 7) is 0. The molecule has 0 radical (unpaired) electrons. The molecule has 0 amide bonds. The van der Waals surface area contributed by atoms with Gasteiger partial charge in [-0.3, -0.25) is 4.98 Å². The first-order valence-electron chi connectivity index (χ1n) is 7.03. The monoisotopic (exact) mass is 280 g/mol. The number of hydrogen-bond donors (Lipinski definition) is 1. The minimum Gasteiger partial charge on any atom is -0.313 e. The number of halogens is 1. The van der Waals surface area contributed by atoms with Crippen LogP contribution in [0.5, 0.6) is 0 Å². The van der Waals surface area contributed by atoms with Gasteiger partial charge in [0.15, 0.2) is 0 Å². The Balaban J connectivity index is 1.86. The number of pyridine rings is 1. The lowest BCUT2D eigenvalue weighted by atomic mass is 10.0. The Labute approximate surface area is 123 Å². The highest BCUT2D eigenvalue weighted by atomic mass is 19.1. The van der Waals surface area contributed by atoms with Crippen LogP contribution in [0, 0.1) is 5.82 Å². The third-order valence-electron chi connectivity index (χ3n) is 3.69. The van der Waals surface area contributed by atoms with Crippen LogP contribution in [0.3, 0.4) is 0 Å². The van der Waals surface area contributed by atoms with Gasteiger partial charge in [0.05, 0.1) is 5.52 Å². The summed E-state index contributed by atoms with van der Waals surface area (Å²) in [5.41, 5.74) is 3.09. The fourth-order valence-electron chi connectivity index (χ4n) is 2.51. The van der Waals surface area contributed by atoms with E-state index >= 15 is 0 Å². The van der Waals surface area contributed by atoms with Gasteiger partial charge >= 0.3 is 0 Å². The predicted molar refractivity (Wildman–Crippen MR) is 83.6 cm³/mol. The Morgan fingerprint density at radius 2 is 1.76 bits per heavy atom. The maximum atomic E-state index is 13.0. The van der Waals surface area contributed by atoms with Crippen LogP contribution < -0.4 is 5.32 Å². The van der Waals surface area contributed by atoms with E-state index < -0.39 is 0 Å². The molecule has 0 aliphatic carbocycles. The largest absolute Gasteiger partial charge is 0.313 e. The highest BCUT2D eigenvalue weighted by Crippen LogP contribution is 2.19. The Kier molecular flexibility index (Phi) is 3.93. The number of fused-ring (bicyclic) bond motifs is 1. The van der Waals surface area contributed by atoms with Crippen molar-refractivity contribution in [2.75, 3.05) is 7.05 Å². The van der Waals surface area contributed by atoms with Crippen LogP contribution in [-0.2, 0) is 6.42 Å². The molecule has 0 fully saturated rings. The lowest BCUT2D eigenvalue weighted by Crippen LogP contribution is -2.19. The molecule has 1 N–H and O–H groups in total. The number of benzene rings is 2. The van der Waals surface area contributed by atoms with E-state index in [0.717, 1.165) is 28.6 Å². The second kappa shape index (κ2) is 6.02. The van der Waals surface area contributed by atoms with Gasteiger partial charge in [0, 0.05) is 23.5 Å². The third kappa shape index (κ3) is 3.09. The second-order valence-electron chi connectivity index (χ2n) is 5.09. The molecular formula is C18H17FN2. The molecule has 3 rings (SSSR count). The highest BCUT2D eigenvalue weighted by Gasteiger charge is 2.11. The lowest BCUT2D eigenvalue weighted by Gasteiger charge is -2.16. The molecule has 1 unspecified atom stereocenters. The number of nitrogens with zero attached hydrogens (tertiary/aromatic N) is 1. The highest BCUT2D eigenvalue weighted by molar-refractivity contribution is 5.78. The van der Waals surface area contributed by atoms with Crippen LogP contribution in [-0.4, -0.2) is 12.0 Å². The van der Waals surface area contributed by atoms with Gasteiger partial charge in [-0.25, -0.2) is 4.39 Å². The minimum atomic E-state index is -0.211. The molecule has 3 aromatic rings. The van der Waals surface area contributed by atoms with E-state index in [0.29, 0.717) is 0 Å². The van der Waals surface area contributed by atoms with Crippen LogP contribution in [0.2, 0.25) is 0 Å². The summed E-state index contributed by atoms with van der Waals surface area (Å²) in [6.07, 6.45) is 0.771. The summed E-state index contributed by atoms with van der Waals surface area (Å²) in [6, 6.07) is 19.0. The van der Waals surface area contributed by atoms with Crippen molar-refractivity contribution in [2.24, 2.45) is 0 Å².